The summed E-state index contributed by atoms with van der Waals surface area (Å²) in [6.07, 6.45) is 4.83. The lowest BCUT2D eigenvalue weighted by Crippen LogP contribution is -2.47. The largest absolute Gasteiger partial charge is 0.476 e. The Bertz CT molecular complexity index is 2810. The molecule has 1 atom stereocenters. The highest BCUT2D eigenvalue weighted by Crippen LogP contribution is 2.44. The maximum Gasteiger partial charge on any atom is 0.293 e. The number of carbonyl (C=O) groups excluding carboxylic acids is 1. The molecule has 0 saturated carbocycles. The molecule has 0 spiro atoms. The van der Waals surface area contributed by atoms with Gasteiger partial charge >= 0.3 is 0 Å². The van der Waals surface area contributed by atoms with E-state index in [0.29, 0.717) is 75.4 Å². The third-order valence-corrected chi connectivity index (χ3v) is 14.4. The van der Waals surface area contributed by atoms with E-state index in [9.17, 15) is 27.7 Å². The van der Waals surface area contributed by atoms with Crippen LogP contribution in [0.4, 0.5) is 32.8 Å². The first-order valence-electron chi connectivity index (χ1n) is 22.2. The second kappa shape index (κ2) is 18.8. The van der Waals surface area contributed by atoms with Crippen molar-refractivity contribution in [3.63, 3.8) is 0 Å². The van der Waals surface area contributed by atoms with E-state index >= 15 is 0 Å². The minimum Gasteiger partial charge on any atom is -0.476 e. The number of nitro benzene ring substituents is 1. The molecule has 16 nitrogen and oxygen atoms in total. The normalized spacial score (nSPS) is 19.2. The number of amides is 1. The second-order valence-corrected chi connectivity index (χ2v) is 20.0. The topological polar surface area (TPSA) is 185 Å². The van der Waals surface area contributed by atoms with Crippen molar-refractivity contribution in [3.05, 3.63) is 111 Å². The van der Waals surface area contributed by atoms with Crippen LogP contribution in [0.25, 0.3) is 16.6 Å². The Morgan fingerprint density at radius 3 is 2.62 bits per heavy atom. The van der Waals surface area contributed by atoms with E-state index in [2.05, 4.69) is 38.7 Å². The average molecular weight is 943 g/mol. The quantitative estimate of drug-likeness (QED) is 0.0811. The number of carbonyl (C=O) groups is 1. The zero-order valence-electron chi connectivity index (χ0n) is 36.8. The van der Waals surface area contributed by atoms with Gasteiger partial charge in [0, 0.05) is 69.2 Å². The van der Waals surface area contributed by atoms with Crippen molar-refractivity contribution in [2.24, 2.45) is 5.41 Å². The predicted octanol–water partition coefficient (Wildman–Crippen LogP) is 7.92. The summed E-state index contributed by atoms with van der Waals surface area (Å²) in [5.41, 5.74) is 5.69. The van der Waals surface area contributed by atoms with Gasteiger partial charge in [0.25, 0.3) is 21.6 Å². The molecule has 0 radical (unpaired) electrons. The number of aromatic nitrogens is 2. The number of allylic oxidation sites excluding steroid dienone is 1. The van der Waals surface area contributed by atoms with Crippen molar-refractivity contribution in [2.75, 3.05) is 87.4 Å². The molecule has 2 fully saturated rings. The first-order chi connectivity index (χ1) is 31.7. The summed E-state index contributed by atoms with van der Waals surface area (Å²) in [4.78, 5) is 39.9. The molecule has 2 saturated heterocycles. The first kappa shape index (κ1) is 45.4. The molecule has 3 aromatic carbocycles. The van der Waals surface area contributed by atoms with Crippen molar-refractivity contribution in [2.45, 2.75) is 50.5 Å². The third-order valence-electron chi connectivity index (χ3n) is 12.8. The SMILES string of the molecule is CC1(C)CCC(CN2CCN(c3ccc(C(=O)NS(=O)(=O)c4ccc(NC[C@H]5COCCO5)c([N+](=O)[O-])c4)c(N4CCCOc5nc6[nH]ccc6cc54)c3)CC2)=C(c2ccc(Cl)c(F)c2)C1. The van der Waals surface area contributed by atoms with E-state index in [-0.39, 0.29) is 34.3 Å². The molecule has 5 heterocycles. The Balaban J connectivity index is 0.987. The molecule has 4 aliphatic rings. The zero-order chi connectivity index (χ0) is 46.2. The number of rotatable bonds is 12. The fraction of sp³-hybridized carbons (Fsp3) is 0.404. The molecule has 3 aliphatic heterocycles. The number of H-pyrrole nitrogens is 1. The Morgan fingerprint density at radius 1 is 1.02 bits per heavy atom. The molecule has 1 aliphatic carbocycles. The molecule has 0 bridgehead atoms. The van der Waals surface area contributed by atoms with Crippen molar-refractivity contribution >= 4 is 72.6 Å². The molecule has 3 N–H and O–H groups in total. The van der Waals surface area contributed by atoms with Gasteiger partial charge in [0.2, 0.25) is 5.88 Å². The van der Waals surface area contributed by atoms with Gasteiger partial charge in [-0.25, -0.2) is 17.5 Å². The number of hydrogen-bond acceptors (Lipinski definition) is 13. The number of nitro groups is 1. The number of anilines is 4. The van der Waals surface area contributed by atoms with Gasteiger partial charge in [-0.1, -0.05) is 37.1 Å². The standard InChI is InChI=1S/C47H52ClFN8O8S/c1-47(2)12-10-32(37(26-47)30-4-8-38(48)39(49)22-30)28-54-15-17-55(18-16-54)33-5-7-36(41(24-33)56-14-3-19-65-46-43(56)23-31-11-13-50-44(31)52-46)45(58)53-66(61,62)35-6-9-40(42(25-35)57(59)60)51-27-34-29-63-20-21-64-34/h4-9,11,13,22-25,34,51H,3,10,12,14-21,26-29H2,1-2H3,(H,50,52)(H,53,58)/t34-/m0/s1. The van der Waals surface area contributed by atoms with E-state index in [4.69, 9.17) is 30.8 Å². The van der Waals surface area contributed by atoms with Crippen LogP contribution < -0.4 is 24.6 Å². The molecule has 0 unspecified atom stereocenters. The van der Waals surface area contributed by atoms with Gasteiger partial charge in [-0.3, -0.25) is 19.8 Å². The highest BCUT2D eigenvalue weighted by atomic mass is 35.5. The van der Waals surface area contributed by atoms with Crippen molar-refractivity contribution in [1.29, 1.82) is 0 Å². The van der Waals surface area contributed by atoms with E-state index in [1.165, 1.54) is 23.3 Å². The van der Waals surface area contributed by atoms with Crippen LogP contribution in [0.3, 0.4) is 0 Å². The average Bonchev–Trinajstić information content (AvgIpc) is 3.67. The van der Waals surface area contributed by atoms with Gasteiger partial charge in [-0.2, -0.15) is 4.98 Å². The summed E-state index contributed by atoms with van der Waals surface area (Å²) < 4.78 is 61.8. The lowest BCUT2D eigenvalue weighted by Gasteiger charge is -2.39. The van der Waals surface area contributed by atoms with E-state index in [1.54, 1.807) is 24.4 Å². The summed E-state index contributed by atoms with van der Waals surface area (Å²) in [6, 6.07) is 17.7. The fourth-order valence-corrected chi connectivity index (χ4v) is 10.3. The molecule has 9 rings (SSSR count). The summed E-state index contributed by atoms with van der Waals surface area (Å²) in [5, 5.41) is 16.1. The number of nitrogens with one attached hydrogen (secondary N) is 3. The van der Waals surface area contributed by atoms with Gasteiger partial charge in [0.1, 0.15) is 22.8 Å². The minimum absolute atomic E-state index is 0.0730. The van der Waals surface area contributed by atoms with Gasteiger partial charge in [0.15, 0.2) is 0 Å². The van der Waals surface area contributed by atoms with Crippen LogP contribution in [-0.2, 0) is 19.5 Å². The van der Waals surface area contributed by atoms with Gasteiger partial charge in [0.05, 0.1) is 58.6 Å². The van der Waals surface area contributed by atoms with Crippen LogP contribution in [0.2, 0.25) is 5.02 Å². The number of benzene rings is 3. The number of ether oxygens (including phenoxy) is 3. The summed E-state index contributed by atoms with van der Waals surface area (Å²) in [5.74, 6) is -0.969. The number of fused-ring (bicyclic) bond motifs is 2. The number of aromatic amines is 1. The highest BCUT2D eigenvalue weighted by Gasteiger charge is 2.32. The predicted molar refractivity (Wildman–Crippen MR) is 251 cm³/mol. The van der Waals surface area contributed by atoms with Crippen LogP contribution in [-0.4, -0.2) is 112 Å². The Kier molecular flexibility index (Phi) is 12.9. The van der Waals surface area contributed by atoms with Crippen LogP contribution in [0.15, 0.2) is 83.4 Å². The first-order valence-corrected chi connectivity index (χ1v) is 24.0. The fourth-order valence-electron chi connectivity index (χ4n) is 9.17. The number of halogens is 2. The molecule has 2 aromatic heterocycles. The molecule has 5 aromatic rings. The molecule has 1 amide bonds. The van der Waals surface area contributed by atoms with Crippen LogP contribution in [0, 0.1) is 21.3 Å². The number of piperazine rings is 1. The van der Waals surface area contributed by atoms with Crippen LogP contribution in [0.1, 0.15) is 55.5 Å². The maximum atomic E-state index is 14.7. The van der Waals surface area contributed by atoms with Crippen molar-refractivity contribution in [3.8, 4) is 5.88 Å². The third kappa shape index (κ3) is 9.83. The summed E-state index contributed by atoms with van der Waals surface area (Å²) >= 11 is 6.06. The van der Waals surface area contributed by atoms with Crippen LogP contribution in [0.5, 0.6) is 5.88 Å². The van der Waals surface area contributed by atoms with Gasteiger partial charge < -0.3 is 34.3 Å². The molecular weight excluding hydrogens is 891 g/mol. The summed E-state index contributed by atoms with van der Waals surface area (Å²) in [6.45, 7) is 10.3. The maximum absolute atomic E-state index is 14.7. The van der Waals surface area contributed by atoms with Gasteiger partial charge in [-0.15, -0.1) is 0 Å². The van der Waals surface area contributed by atoms with E-state index in [0.717, 1.165) is 61.6 Å². The molecular formula is C47H52ClFN8O8S. The number of sulfonamides is 1. The Labute approximate surface area is 387 Å². The van der Waals surface area contributed by atoms with E-state index in [1.807, 2.05) is 35.2 Å². The van der Waals surface area contributed by atoms with Crippen molar-refractivity contribution in [1.82, 2.24) is 19.6 Å². The molecule has 19 heteroatoms. The summed E-state index contributed by atoms with van der Waals surface area (Å²) in [7, 11) is -4.61. The smallest absolute Gasteiger partial charge is 0.293 e. The van der Waals surface area contributed by atoms with Gasteiger partial charge in [-0.05, 0) is 96.8 Å². The lowest BCUT2D eigenvalue weighted by molar-refractivity contribution is -0.384. The van der Waals surface area contributed by atoms with Crippen molar-refractivity contribution < 1.29 is 36.7 Å². The lowest BCUT2D eigenvalue weighted by atomic mass is 9.72. The van der Waals surface area contributed by atoms with Crippen LogP contribution >= 0.6 is 11.6 Å². The zero-order valence-corrected chi connectivity index (χ0v) is 38.4. The second-order valence-electron chi connectivity index (χ2n) is 17.9. The van der Waals surface area contributed by atoms with E-state index < -0.39 is 37.3 Å². The highest BCUT2D eigenvalue weighted by molar-refractivity contribution is 7.90. The Hall–Kier alpha value is -5.79. The number of pyridine rings is 1. The molecule has 66 heavy (non-hydrogen) atoms. The minimum atomic E-state index is -4.61. The number of hydrogen-bond donors (Lipinski definition) is 3. The monoisotopic (exact) mass is 942 g/mol. The Morgan fingerprint density at radius 2 is 1.85 bits per heavy atom. The molecule has 348 valence electrons. The number of nitrogens with zero attached hydrogens (tertiary/aromatic N) is 5.